The number of hydrogen-bond donors (Lipinski definition) is 1. The molecule has 0 heterocycles. The van der Waals surface area contributed by atoms with Crippen LogP contribution < -0.4 is 5.73 Å². The minimum atomic E-state index is 0. The summed E-state index contributed by atoms with van der Waals surface area (Å²) in [5.74, 6) is 1.20. The molecule has 0 saturated heterocycles. The molecule has 0 bridgehead atoms. The van der Waals surface area contributed by atoms with E-state index in [9.17, 15) is 0 Å². The Morgan fingerprint density at radius 1 is 1.57 bits per heavy atom. The molecule has 0 amide bonds. The quantitative estimate of drug-likeness (QED) is 0.597. The van der Waals surface area contributed by atoms with E-state index in [2.05, 4.69) is 6.26 Å². The first-order chi connectivity index (χ1) is 2.91. The zero-order chi connectivity index (χ0) is 4.83. The smallest absolute Gasteiger partial charge is 0.00583 e. The minimum absolute atomic E-state index is 0. The topological polar surface area (TPSA) is 26.0 Å². The largest absolute Gasteiger partial charge is 0.330 e. The molecule has 0 atom stereocenters. The summed E-state index contributed by atoms with van der Waals surface area (Å²) in [6.45, 7) is 0.834. The standard InChI is InChI=1S/C4H11NS.ClH/c1-6-4-2-3-5;/h2-5H2,1H3;1H. The van der Waals surface area contributed by atoms with Crippen LogP contribution >= 0.6 is 24.2 Å². The zero-order valence-electron chi connectivity index (χ0n) is 4.52. The van der Waals surface area contributed by atoms with Crippen molar-refractivity contribution < 1.29 is 0 Å². The number of nitrogens with two attached hydrogens (primary N) is 1. The molecule has 0 fully saturated rings. The molecule has 1 nitrogen and oxygen atoms in total. The Balaban J connectivity index is 0. The number of thioether (sulfide) groups is 1. The van der Waals surface area contributed by atoms with Gasteiger partial charge in [-0.1, -0.05) is 0 Å². The summed E-state index contributed by atoms with van der Waals surface area (Å²) in [5.41, 5.74) is 5.20. The first-order valence-corrected chi connectivity index (χ1v) is 3.50. The van der Waals surface area contributed by atoms with Gasteiger partial charge in [0.25, 0.3) is 0 Å². The predicted octanol–water partition coefficient (Wildman–Crippen LogP) is 1.12. The Morgan fingerprint density at radius 3 is 2.29 bits per heavy atom. The minimum Gasteiger partial charge on any atom is -0.330 e. The van der Waals surface area contributed by atoms with E-state index in [1.54, 1.807) is 0 Å². The molecule has 2 N–H and O–H groups in total. The van der Waals surface area contributed by atoms with Gasteiger partial charge in [-0.3, -0.25) is 0 Å². The van der Waals surface area contributed by atoms with Gasteiger partial charge in [-0.2, -0.15) is 11.8 Å². The number of hydrogen-bond acceptors (Lipinski definition) is 2. The molecular weight excluding hydrogens is 130 g/mol. The third-order valence-electron chi connectivity index (χ3n) is 0.553. The van der Waals surface area contributed by atoms with Gasteiger partial charge in [-0.15, -0.1) is 12.4 Å². The van der Waals surface area contributed by atoms with E-state index in [1.165, 1.54) is 5.75 Å². The highest BCUT2D eigenvalue weighted by Crippen LogP contribution is 1.91. The maximum Gasteiger partial charge on any atom is -0.00583 e. The van der Waals surface area contributed by atoms with Crippen LogP contribution in [0.3, 0.4) is 0 Å². The lowest BCUT2D eigenvalue weighted by molar-refractivity contribution is 0.944. The summed E-state index contributed by atoms with van der Waals surface area (Å²) in [6, 6.07) is 0. The Labute approximate surface area is 55.5 Å². The molecule has 0 aromatic rings. The first kappa shape index (κ1) is 10.6. The van der Waals surface area contributed by atoms with Crippen LogP contribution in [0.15, 0.2) is 0 Å². The fourth-order valence-electron chi connectivity index (χ4n) is 0.228. The Morgan fingerprint density at radius 2 is 2.14 bits per heavy atom. The molecule has 0 aliphatic heterocycles. The molecule has 0 rings (SSSR count). The van der Waals surface area contributed by atoms with E-state index in [0.717, 1.165) is 13.0 Å². The van der Waals surface area contributed by atoms with Gasteiger partial charge in [0.1, 0.15) is 0 Å². The van der Waals surface area contributed by atoms with Gasteiger partial charge in [-0.25, -0.2) is 0 Å². The summed E-state index contributed by atoms with van der Waals surface area (Å²) in [5, 5.41) is 0. The second-order valence-corrected chi connectivity index (χ2v) is 2.12. The Hall–Kier alpha value is 0.600. The van der Waals surface area contributed by atoms with Crippen LogP contribution in [0.2, 0.25) is 0 Å². The zero-order valence-corrected chi connectivity index (χ0v) is 6.15. The molecule has 0 spiro atoms. The third-order valence-corrected chi connectivity index (χ3v) is 1.25. The maximum atomic E-state index is 5.20. The summed E-state index contributed by atoms with van der Waals surface area (Å²) in [4.78, 5) is 0. The summed E-state index contributed by atoms with van der Waals surface area (Å²) in [6.07, 6.45) is 3.25. The fraction of sp³-hybridized carbons (Fsp3) is 1.00. The highest BCUT2D eigenvalue weighted by molar-refractivity contribution is 7.98. The van der Waals surface area contributed by atoms with Gasteiger partial charge in [-0.05, 0) is 25.0 Å². The van der Waals surface area contributed by atoms with E-state index in [1.807, 2.05) is 11.8 Å². The van der Waals surface area contributed by atoms with Crippen LogP contribution in [-0.2, 0) is 0 Å². The molecule has 3 heteroatoms. The molecule has 46 valence electrons. The molecule has 0 aromatic carbocycles. The van der Waals surface area contributed by atoms with Crippen LogP contribution in [0.5, 0.6) is 0 Å². The molecule has 7 heavy (non-hydrogen) atoms. The molecule has 0 unspecified atom stereocenters. The second-order valence-electron chi connectivity index (χ2n) is 1.14. The van der Waals surface area contributed by atoms with Crippen LogP contribution in [0.1, 0.15) is 6.42 Å². The van der Waals surface area contributed by atoms with Crippen LogP contribution in [-0.4, -0.2) is 18.6 Å². The normalized spacial score (nSPS) is 7.71. The average molecular weight is 142 g/mol. The van der Waals surface area contributed by atoms with Gasteiger partial charge in [0, 0.05) is 0 Å². The van der Waals surface area contributed by atoms with Crippen molar-refractivity contribution in [1.82, 2.24) is 0 Å². The van der Waals surface area contributed by atoms with Gasteiger partial charge in [0.2, 0.25) is 0 Å². The van der Waals surface area contributed by atoms with Crippen molar-refractivity contribution >= 4 is 24.2 Å². The molecular formula is C4H12ClNS. The van der Waals surface area contributed by atoms with Crippen molar-refractivity contribution in [1.29, 1.82) is 0 Å². The van der Waals surface area contributed by atoms with Crippen molar-refractivity contribution in [2.45, 2.75) is 6.42 Å². The van der Waals surface area contributed by atoms with Gasteiger partial charge >= 0.3 is 0 Å². The van der Waals surface area contributed by atoms with Crippen LogP contribution in [0.25, 0.3) is 0 Å². The Bertz CT molecular complexity index is 23.7. The van der Waals surface area contributed by atoms with Crippen molar-refractivity contribution in [2.75, 3.05) is 18.6 Å². The van der Waals surface area contributed by atoms with Crippen molar-refractivity contribution in [3.05, 3.63) is 0 Å². The van der Waals surface area contributed by atoms with Crippen molar-refractivity contribution in [3.8, 4) is 0 Å². The highest BCUT2D eigenvalue weighted by Gasteiger charge is 1.75. The van der Waals surface area contributed by atoms with E-state index in [4.69, 9.17) is 5.73 Å². The SMILES string of the molecule is CSCCCN.Cl. The molecule has 0 aromatic heterocycles. The first-order valence-electron chi connectivity index (χ1n) is 2.11. The Kier molecular flexibility index (Phi) is 14.8. The lowest BCUT2D eigenvalue weighted by Gasteiger charge is -1.86. The second kappa shape index (κ2) is 9.78. The van der Waals surface area contributed by atoms with Gasteiger partial charge in [0.15, 0.2) is 0 Å². The monoisotopic (exact) mass is 141 g/mol. The van der Waals surface area contributed by atoms with Gasteiger partial charge in [0.05, 0.1) is 0 Å². The van der Waals surface area contributed by atoms with Gasteiger partial charge < -0.3 is 5.73 Å². The summed E-state index contributed by atoms with van der Waals surface area (Å²) in [7, 11) is 0. The number of rotatable bonds is 3. The average Bonchev–Trinajstić information content (AvgIpc) is 1.61. The van der Waals surface area contributed by atoms with Crippen LogP contribution in [0.4, 0.5) is 0 Å². The van der Waals surface area contributed by atoms with Crippen LogP contribution in [0, 0.1) is 0 Å². The fourth-order valence-corrected chi connectivity index (χ4v) is 0.683. The third kappa shape index (κ3) is 10.8. The van der Waals surface area contributed by atoms with E-state index in [-0.39, 0.29) is 12.4 Å². The maximum absolute atomic E-state index is 5.20. The molecule has 0 saturated carbocycles. The highest BCUT2D eigenvalue weighted by atomic mass is 35.5. The molecule has 0 aliphatic rings. The lowest BCUT2D eigenvalue weighted by Crippen LogP contribution is -1.98. The van der Waals surface area contributed by atoms with Crippen molar-refractivity contribution in [2.24, 2.45) is 5.73 Å². The molecule has 0 aliphatic carbocycles. The summed E-state index contributed by atoms with van der Waals surface area (Å²) < 4.78 is 0. The van der Waals surface area contributed by atoms with E-state index < -0.39 is 0 Å². The number of halogens is 1. The predicted molar refractivity (Wildman–Crippen MR) is 39.3 cm³/mol. The summed E-state index contributed by atoms with van der Waals surface area (Å²) >= 11 is 1.85. The lowest BCUT2D eigenvalue weighted by atomic mass is 10.5. The van der Waals surface area contributed by atoms with E-state index in [0.29, 0.717) is 0 Å². The van der Waals surface area contributed by atoms with Crippen molar-refractivity contribution in [3.63, 3.8) is 0 Å². The van der Waals surface area contributed by atoms with E-state index >= 15 is 0 Å². The molecule has 0 radical (unpaired) electrons.